The predicted molar refractivity (Wildman–Crippen MR) is 43.0 cm³/mol. The van der Waals surface area contributed by atoms with Gasteiger partial charge in [-0.05, 0) is 0 Å². The molecule has 0 aromatic heterocycles. The lowest BCUT2D eigenvalue weighted by atomic mass is 10.1. The highest BCUT2D eigenvalue weighted by molar-refractivity contribution is 5.03. The van der Waals surface area contributed by atoms with Crippen LogP contribution in [0.5, 0.6) is 0 Å². The van der Waals surface area contributed by atoms with Crippen molar-refractivity contribution >= 4 is 0 Å². The lowest BCUT2D eigenvalue weighted by Gasteiger charge is -2.23. The molecule has 0 amide bonds. The molecule has 0 radical (unpaired) electrons. The zero-order valence-electron chi connectivity index (χ0n) is 7.36. The Labute approximate surface area is 76.8 Å². The highest BCUT2D eigenvalue weighted by atomic mass is 16.6. The third-order valence-electron chi connectivity index (χ3n) is 1.72. The minimum Gasteiger partial charge on any atom is -0.394 e. The summed E-state index contributed by atoms with van der Waals surface area (Å²) in [4.78, 5) is 0. The normalized spacial score (nSPS) is 21.8. The number of hydrogen-bond acceptors (Lipinski definition) is 5. The van der Waals surface area contributed by atoms with E-state index >= 15 is 0 Å². The summed E-state index contributed by atoms with van der Waals surface area (Å²) < 4.78 is 15.5. The SMILES string of the molecule is N#CC1(OCCO)COCCOC1. The third-order valence-corrected chi connectivity index (χ3v) is 1.72. The van der Waals surface area contributed by atoms with Gasteiger partial charge in [-0.15, -0.1) is 0 Å². The minimum absolute atomic E-state index is 0.108. The monoisotopic (exact) mass is 187 g/mol. The van der Waals surface area contributed by atoms with Gasteiger partial charge in [-0.2, -0.15) is 5.26 Å². The summed E-state index contributed by atoms with van der Waals surface area (Å²) in [6, 6.07) is 2.01. The zero-order chi connectivity index (χ0) is 9.57. The topological polar surface area (TPSA) is 71.7 Å². The summed E-state index contributed by atoms with van der Waals surface area (Å²) in [7, 11) is 0. The van der Waals surface area contributed by atoms with E-state index in [-0.39, 0.29) is 26.4 Å². The Kier molecular flexibility index (Phi) is 4.12. The van der Waals surface area contributed by atoms with Crippen LogP contribution in [0.25, 0.3) is 0 Å². The highest BCUT2D eigenvalue weighted by Gasteiger charge is 2.33. The van der Waals surface area contributed by atoms with E-state index in [1.54, 1.807) is 0 Å². The number of nitrogens with zero attached hydrogens (tertiary/aromatic N) is 1. The van der Waals surface area contributed by atoms with Crippen molar-refractivity contribution in [1.29, 1.82) is 5.26 Å². The Balaban J connectivity index is 2.50. The van der Waals surface area contributed by atoms with Gasteiger partial charge in [0.25, 0.3) is 0 Å². The fourth-order valence-corrected chi connectivity index (χ4v) is 1.05. The van der Waals surface area contributed by atoms with E-state index in [0.29, 0.717) is 13.2 Å². The van der Waals surface area contributed by atoms with Crippen LogP contribution in [0.3, 0.4) is 0 Å². The Morgan fingerprint density at radius 3 is 2.46 bits per heavy atom. The summed E-state index contributed by atoms with van der Waals surface area (Å²) >= 11 is 0. The average molecular weight is 187 g/mol. The molecule has 1 rings (SSSR count). The second-order valence-electron chi connectivity index (χ2n) is 2.78. The maximum Gasteiger partial charge on any atom is 0.200 e. The smallest absolute Gasteiger partial charge is 0.200 e. The number of ether oxygens (including phenoxy) is 3. The molecule has 1 aliphatic rings. The van der Waals surface area contributed by atoms with Crippen LogP contribution < -0.4 is 0 Å². The van der Waals surface area contributed by atoms with Gasteiger partial charge in [-0.3, -0.25) is 0 Å². The molecule has 0 bridgehead atoms. The van der Waals surface area contributed by atoms with Crippen molar-refractivity contribution in [2.45, 2.75) is 5.60 Å². The van der Waals surface area contributed by atoms with Gasteiger partial charge in [-0.1, -0.05) is 0 Å². The molecule has 0 saturated carbocycles. The number of rotatable bonds is 3. The number of aliphatic hydroxyl groups excluding tert-OH is 1. The van der Waals surface area contributed by atoms with Crippen LogP contribution in [-0.2, 0) is 14.2 Å². The summed E-state index contributed by atoms with van der Waals surface area (Å²) in [5, 5.41) is 17.4. The van der Waals surface area contributed by atoms with Crippen molar-refractivity contribution in [3.8, 4) is 6.07 Å². The quantitative estimate of drug-likeness (QED) is 0.632. The molecular formula is C8H13NO4. The average Bonchev–Trinajstić information content (AvgIpc) is 2.41. The van der Waals surface area contributed by atoms with Gasteiger partial charge >= 0.3 is 0 Å². The van der Waals surface area contributed by atoms with E-state index < -0.39 is 5.60 Å². The molecule has 5 nitrogen and oxygen atoms in total. The molecule has 1 heterocycles. The number of aliphatic hydroxyl groups is 1. The Morgan fingerprint density at radius 1 is 1.38 bits per heavy atom. The molecule has 0 spiro atoms. The fraction of sp³-hybridized carbons (Fsp3) is 0.875. The second-order valence-corrected chi connectivity index (χ2v) is 2.78. The maximum atomic E-state index is 8.88. The lowest BCUT2D eigenvalue weighted by molar-refractivity contribution is -0.0787. The van der Waals surface area contributed by atoms with Gasteiger partial charge in [0.2, 0.25) is 0 Å². The lowest BCUT2D eigenvalue weighted by Crippen LogP contribution is -2.40. The first-order valence-corrected chi connectivity index (χ1v) is 4.14. The largest absolute Gasteiger partial charge is 0.394 e. The van der Waals surface area contributed by atoms with E-state index in [1.807, 2.05) is 6.07 Å². The molecule has 13 heavy (non-hydrogen) atoms. The molecule has 0 atom stereocenters. The predicted octanol–water partition coefficient (Wildman–Crippen LogP) is -0.696. The molecule has 0 aromatic carbocycles. The van der Waals surface area contributed by atoms with E-state index in [4.69, 9.17) is 24.6 Å². The zero-order valence-corrected chi connectivity index (χ0v) is 7.36. The van der Waals surface area contributed by atoms with Crippen molar-refractivity contribution < 1.29 is 19.3 Å². The van der Waals surface area contributed by atoms with Crippen LogP contribution in [-0.4, -0.2) is 50.3 Å². The summed E-state index contributed by atoms with van der Waals surface area (Å²) in [5.74, 6) is 0. The first kappa shape index (κ1) is 10.4. The Bertz CT molecular complexity index is 181. The summed E-state index contributed by atoms with van der Waals surface area (Å²) in [6.07, 6.45) is 0. The van der Waals surface area contributed by atoms with Crippen LogP contribution in [0, 0.1) is 11.3 Å². The highest BCUT2D eigenvalue weighted by Crippen LogP contribution is 2.14. The first-order chi connectivity index (χ1) is 6.33. The standard InChI is InChI=1S/C8H13NO4/c9-5-8(13-2-1-10)6-11-3-4-12-7-8/h10H,1-4,6-7H2. The molecular weight excluding hydrogens is 174 g/mol. The summed E-state index contributed by atoms with van der Waals surface area (Å²) in [6.45, 7) is 1.37. The number of nitriles is 1. The van der Waals surface area contributed by atoms with E-state index in [2.05, 4.69) is 0 Å². The van der Waals surface area contributed by atoms with Crippen LogP contribution in [0.4, 0.5) is 0 Å². The van der Waals surface area contributed by atoms with Crippen molar-refractivity contribution in [1.82, 2.24) is 0 Å². The van der Waals surface area contributed by atoms with Crippen molar-refractivity contribution in [2.75, 3.05) is 39.6 Å². The van der Waals surface area contributed by atoms with E-state index in [0.717, 1.165) is 0 Å². The van der Waals surface area contributed by atoms with Gasteiger partial charge in [-0.25, -0.2) is 0 Å². The maximum absolute atomic E-state index is 8.88. The van der Waals surface area contributed by atoms with E-state index in [1.165, 1.54) is 0 Å². The van der Waals surface area contributed by atoms with Crippen LogP contribution >= 0.6 is 0 Å². The van der Waals surface area contributed by atoms with Crippen molar-refractivity contribution in [3.05, 3.63) is 0 Å². The molecule has 1 aliphatic heterocycles. The van der Waals surface area contributed by atoms with Gasteiger partial charge < -0.3 is 19.3 Å². The molecule has 1 saturated heterocycles. The van der Waals surface area contributed by atoms with E-state index in [9.17, 15) is 0 Å². The molecule has 0 aromatic rings. The Morgan fingerprint density at radius 2 is 2.00 bits per heavy atom. The van der Waals surface area contributed by atoms with Crippen molar-refractivity contribution in [2.24, 2.45) is 0 Å². The van der Waals surface area contributed by atoms with Gasteiger partial charge in [0.15, 0.2) is 5.60 Å². The molecule has 74 valence electrons. The fourth-order valence-electron chi connectivity index (χ4n) is 1.05. The molecule has 1 N–H and O–H groups in total. The molecule has 1 fully saturated rings. The van der Waals surface area contributed by atoms with Gasteiger partial charge in [0, 0.05) is 0 Å². The van der Waals surface area contributed by atoms with Crippen LogP contribution in [0.2, 0.25) is 0 Å². The number of hydrogen-bond donors (Lipinski definition) is 1. The molecule has 0 aliphatic carbocycles. The molecule has 0 unspecified atom stereocenters. The third kappa shape index (κ3) is 2.94. The van der Waals surface area contributed by atoms with Gasteiger partial charge in [0.1, 0.15) is 6.07 Å². The van der Waals surface area contributed by atoms with Crippen molar-refractivity contribution in [3.63, 3.8) is 0 Å². The summed E-state index contributed by atoms with van der Waals surface area (Å²) in [5.41, 5.74) is -1.04. The minimum atomic E-state index is -1.04. The molecule has 5 heteroatoms. The van der Waals surface area contributed by atoms with Gasteiger partial charge in [0.05, 0.1) is 39.6 Å². The van der Waals surface area contributed by atoms with Crippen LogP contribution in [0.1, 0.15) is 0 Å². The second kappa shape index (κ2) is 5.14. The first-order valence-electron chi connectivity index (χ1n) is 4.14. The Hall–Kier alpha value is -0.670. The van der Waals surface area contributed by atoms with Crippen LogP contribution in [0.15, 0.2) is 0 Å².